The number of hydrogen-bond donors (Lipinski definition) is 3. The lowest BCUT2D eigenvalue weighted by atomic mass is 9.74. The van der Waals surface area contributed by atoms with Gasteiger partial charge >= 0.3 is 12.1 Å². The molecule has 256 valence electrons. The van der Waals surface area contributed by atoms with E-state index in [-0.39, 0.29) is 34.6 Å². The molecule has 1 amide bonds. The number of sulfone groups is 1. The standard InChI is InChI=1S/C35H31F3N2O8S/c1-19-6-8-22(14-29(19)39-5)34(4,35(36,37)38)23-9-7-20(2)30(15-23)40-32(43)28-17-24(10-12-26(28)33(44)45)49(46,47)25-11-13-31(48-18-41)27(16-25)21(3)42/h6-18,39H,1-5H3,(H,40,43)(H,44,45). The number of amides is 1. The number of aromatic carboxylic acids is 1. The van der Waals surface area contributed by atoms with Gasteiger partial charge in [0.15, 0.2) is 5.78 Å². The number of carboxylic acids is 1. The second kappa shape index (κ2) is 13.5. The molecule has 1 atom stereocenters. The summed E-state index contributed by atoms with van der Waals surface area (Å²) in [6, 6.07) is 14.0. The van der Waals surface area contributed by atoms with Gasteiger partial charge in [-0.1, -0.05) is 24.3 Å². The second-order valence-electron chi connectivity index (χ2n) is 11.3. The Morgan fingerprint density at radius 1 is 0.796 bits per heavy atom. The molecule has 14 heteroatoms. The predicted octanol–water partition coefficient (Wildman–Crippen LogP) is 6.73. The van der Waals surface area contributed by atoms with Gasteiger partial charge in [-0.25, -0.2) is 13.2 Å². The molecule has 4 aromatic rings. The van der Waals surface area contributed by atoms with E-state index >= 15 is 0 Å². The van der Waals surface area contributed by atoms with Crippen LogP contribution in [0.2, 0.25) is 0 Å². The smallest absolute Gasteiger partial charge is 0.402 e. The van der Waals surface area contributed by atoms with Gasteiger partial charge in [-0.15, -0.1) is 0 Å². The van der Waals surface area contributed by atoms with Crippen molar-refractivity contribution in [3.8, 4) is 5.75 Å². The van der Waals surface area contributed by atoms with Crippen molar-refractivity contribution in [2.75, 3.05) is 17.7 Å². The molecule has 0 heterocycles. The van der Waals surface area contributed by atoms with Crippen LogP contribution >= 0.6 is 0 Å². The van der Waals surface area contributed by atoms with Crippen molar-refractivity contribution in [1.82, 2.24) is 0 Å². The Morgan fingerprint density at radius 2 is 1.33 bits per heavy atom. The fourth-order valence-corrected chi connectivity index (χ4v) is 6.57. The molecule has 3 N–H and O–H groups in total. The Hall–Kier alpha value is -5.50. The van der Waals surface area contributed by atoms with Crippen LogP contribution in [0.4, 0.5) is 24.5 Å². The molecule has 0 fully saturated rings. The molecule has 4 rings (SSSR count). The number of carbonyl (C=O) groups excluding carboxylic acids is 3. The van der Waals surface area contributed by atoms with Crippen molar-refractivity contribution in [1.29, 1.82) is 0 Å². The summed E-state index contributed by atoms with van der Waals surface area (Å²) in [7, 11) is -2.90. The molecule has 49 heavy (non-hydrogen) atoms. The number of aryl methyl sites for hydroxylation is 2. The highest BCUT2D eigenvalue weighted by Crippen LogP contribution is 2.47. The van der Waals surface area contributed by atoms with Gasteiger partial charge in [0.2, 0.25) is 9.84 Å². The predicted molar refractivity (Wildman–Crippen MR) is 174 cm³/mol. The summed E-state index contributed by atoms with van der Waals surface area (Å²) >= 11 is 0. The van der Waals surface area contributed by atoms with E-state index < -0.39 is 60.0 Å². The first-order valence-electron chi connectivity index (χ1n) is 14.5. The number of rotatable bonds is 11. The van der Waals surface area contributed by atoms with Gasteiger partial charge in [-0.2, -0.15) is 13.2 Å². The number of alkyl halides is 3. The third-order valence-electron chi connectivity index (χ3n) is 8.31. The maximum Gasteiger partial charge on any atom is 0.402 e. The Balaban J connectivity index is 1.80. The van der Waals surface area contributed by atoms with E-state index in [0.717, 1.165) is 61.9 Å². The quantitative estimate of drug-likeness (QED) is 0.114. The van der Waals surface area contributed by atoms with Gasteiger partial charge in [0.25, 0.3) is 12.4 Å². The third kappa shape index (κ3) is 6.90. The lowest BCUT2D eigenvalue weighted by Crippen LogP contribution is -2.40. The van der Waals surface area contributed by atoms with Crippen LogP contribution in [0.3, 0.4) is 0 Å². The molecule has 10 nitrogen and oxygen atoms in total. The first-order valence-corrected chi connectivity index (χ1v) is 16.0. The number of carboxylic acid groups (broad SMARTS) is 1. The summed E-state index contributed by atoms with van der Waals surface area (Å²) in [6.07, 6.45) is -4.79. The second-order valence-corrected chi connectivity index (χ2v) is 13.3. The van der Waals surface area contributed by atoms with Gasteiger partial charge in [0, 0.05) is 18.4 Å². The molecule has 0 aromatic heterocycles. The Bertz CT molecular complexity index is 2110. The van der Waals surface area contributed by atoms with Crippen LogP contribution in [0.25, 0.3) is 0 Å². The number of hydrogen-bond acceptors (Lipinski definition) is 8. The molecular formula is C35H31F3N2O8S. The number of halogens is 3. The summed E-state index contributed by atoms with van der Waals surface area (Å²) in [5.41, 5.74) is -2.72. The van der Waals surface area contributed by atoms with E-state index in [0.29, 0.717) is 11.3 Å². The molecule has 0 radical (unpaired) electrons. The monoisotopic (exact) mass is 696 g/mol. The third-order valence-corrected chi connectivity index (χ3v) is 10.1. The first-order chi connectivity index (χ1) is 22.9. The van der Waals surface area contributed by atoms with Crippen LogP contribution in [0, 0.1) is 13.8 Å². The van der Waals surface area contributed by atoms with E-state index in [1.165, 1.54) is 31.2 Å². The molecule has 0 aliphatic carbocycles. The molecular weight excluding hydrogens is 665 g/mol. The molecule has 1 unspecified atom stereocenters. The average Bonchev–Trinajstić information content (AvgIpc) is 3.04. The molecule has 0 saturated heterocycles. The number of Topliss-reactive ketones (excluding diaryl/α,β-unsaturated/α-hetero) is 1. The topological polar surface area (TPSA) is 156 Å². The van der Waals surface area contributed by atoms with Crippen LogP contribution < -0.4 is 15.4 Å². The lowest BCUT2D eigenvalue weighted by molar-refractivity contribution is -0.173. The van der Waals surface area contributed by atoms with Crippen molar-refractivity contribution in [2.45, 2.75) is 49.1 Å². The lowest BCUT2D eigenvalue weighted by Gasteiger charge is -2.34. The fraction of sp³-hybridized carbons (Fsp3) is 0.200. The number of carbonyl (C=O) groups is 4. The highest BCUT2D eigenvalue weighted by atomic mass is 32.2. The molecule has 0 aliphatic rings. The van der Waals surface area contributed by atoms with Crippen molar-refractivity contribution in [3.05, 3.63) is 112 Å². The minimum Gasteiger partial charge on any atom is -0.478 e. The maximum absolute atomic E-state index is 14.9. The normalized spacial score (nSPS) is 12.8. The minimum absolute atomic E-state index is 0.0641. The van der Waals surface area contributed by atoms with Gasteiger partial charge < -0.3 is 20.5 Å². The fourth-order valence-electron chi connectivity index (χ4n) is 5.26. The first kappa shape index (κ1) is 36.3. The number of nitrogens with one attached hydrogen (secondary N) is 2. The number of benzene rings is 4. The maximum atomic E-state index is 14.9. The van der Waals surface area contributed by atoms with Crippen molar-refractivity contribution < 1.29 is 50.6 Å². The summed E-state index contributed by atoms with van der Waals surface area (Å²) in [5, 5.41) is 15.2. The van der Waals surface area contributed by atoms with Gasteiger partial charge in [-0.3, -0.25) is 14.4 Å². The molecule has 4 aromatic carbocycles. The van der Waals surface area contributed by atoms with Gasteiger partial charge in [0.05, 0.1) is 26.5 Å². The zero-order valence-electron chi connectivity index (χ0n) is 26.9. The molecule has 0 bridgehead atoms. The largest absolute Gasteiger partial charge is 0.478 e. The Morgan fingerprint density at radius 3 is 1.84 bits per heavy atom. The van der Waals surface area contributed by atoms with Crippen LogP contribution in [-0.2, 0) is 20.0 Å². The van der Waals surface area contributed by atoms with E-state index in [4.69, 9.17) is 4.74 Å². The molecule has 0 aliphatic heterocycles. The summed E-state index contributed by atoms with van der Waals surface area (Å²) in [4.78, 5) is 47.7. The number of anilines is 2. The zero-order chi connectivity index (χ0) is 36.5. The number of ether oxygens (including phenoxy) is 1. The van der Waals surface area contributed by atoms with E-state index in [1.54, 1.807) is 20.0 Å². The summed E-state index contributed by atoms with van der Waals surface area (Å²) in [5.74, 6) is -3.47. The highest BCUT2D eigenvalue weighted by molar-refractivity contribution is 7.91. The van der Waals surface area contributed by atoms with E-state index in [2.05, 4.69) is 10.6 Å². The summed E-state index contributed by atoms with van der Waals surface area (Å²) in [6.45, 7) is 5.48. The summed E-state index contributed by atoms with van der Waals surface area (Å²) < 4.78 is 76.5. The average molecular weight is 697 g/mol. The Kier molecular flexibility index (Phi) is 10.0. The van der Waals surface area contributed by atoms with Crippen molar-refractivity contribution in [3.63, 3.8) is 0 Å². The SMILES string of the molecule is CNc1cc(C(C)(c2ccc(C)c(NC(=O)c3cc(S(=O)(=O)c4ccc(OC=O)c(C(C)=O)c4)ccc3C(=O)O)c2)C(F)(F)F)ccc1C. The van der Waals surface area contributed by atoms with E-state index in [9.17, 15) is 45.9 Å². The molecule has 0 saturated carbocycles. The minimum atomic E-state index is -4.79. The Labute approximate surface area is 279 Å². The van der Waals surface area contributed by atoms with Crippen molar-refractivity contribution in [2.24, 2.45) is 0 Å². The van der Waals surface area contributed by atoms with Crippen molar-refractivity contribution >= 4 is 45.3 Å². The van der Waals surface area contributed by atoms with Gasteiger partial charge in [0.1, 0.15) is 11.2 Å². The van der Waals surface area contributed by atoms with Crippen LogP contribution in [0.5, 0.6) is 5.75 Å². The van der Waals surface area contributed by atoms with Crippen LogP contribution in [0.15, 0.2) is 82.6 Å². The highest BCUT2D eigenvalue weighted by Gasteiger charge is 2.53. The van der Waals surface area contributed by atoms with E-state index in [1.807, 2.05) is 0 Å². The number of ketones is 1. The van der Waals surface area contributed by atoms with Crippen LogP contribution in [-0.4, -0.2) is 50.9 Å². The zero-order valence-corrected chi connectivity index (χ0v) is 27.7. The van der Waals surface area contributed by atoms with Crippen LogP contribution in [0.1, 0.15) is 67.2 Å². The molecule has 0 spiro atoms. The van der Waals surface area contributed by atoms with Gasteiger partial charge in [-0.05, 0) is 98.5 Å².